The first-order valence-electron chi connectivity index (χ1n) is 8.93. The highest BCUT2D eigenvalue weighted by Crippen LogP contribution is 2.58. The number of aromatic hydroxyl groups is 1. The van der Waals surface area contributed by atoms with Gasteiger partial charge in [-0.2, -0.15) is 5.10 Å². The molecule has 1 atom stereocenters. The smallest absolute Gasteiger partial charge is 0.244 e. The van der Waals surface area contributed by atoms with Gasteiger partial charge in [0.1, 0.15) is 5.75 Å². The summed E-state index contributed by atoms with van der Waals surface area (Å²) in [6.07, 6.45) is 2.34. The van der Waals surface area contributed by atoms with Gasteiger partial charge in [-0.05, 0) is 47.4 Å². The SMILES string of the molecule is O=C(N/N=C\c1ccc(O)cc1)[C@@H]1CC1(c1ccccc1)c1ccccc1. The third kappa shape index (κ3) is 3.34. The van der Waals surface area contributed by atoms with Crippen LogP contribution >= 0.6 is 0 Å². The van der Waals surface area contributed by atoms with Gasteiger partial charge in [-0.25, -0.2) is 5.43 Å². The van der Waals surface area contributed by atoms with Gasteiger partial charge in [0.05, 0.1) is 12.1 Å². The number of hydrogen-bond acceptors (Lipinski definition) is 3. The van der Waals surface area contributed by atoms with Crippen molar-refractivity contribution < 1.29 is 9.90 Å². The van der Waals surface area contributed by atoms with Crippen LogP contribution in [0.25, 0.3) is 0 Å². The van der Waals surface area contributed by atoms with E-state index in [1.165, 1.54) is 0 Å². The summed E-state index contributed by atoms with van der Waals surface area (Å²) in [4.78, 5) is 12.7. The number of carbonyl (C=O) groups is 1. The van der Waals surface area contributed by atoms with Crippen molar-refractivity contribution in [3.05, 3.63) is 102 Å². The van der Waals surface area contributed by atoms with Crippen molar-refractivity contribution in [2.45, 2.75) is 11.8 Å². The number of phenols is 1. The van der Waals surface area contributed by atoms with Crippen molar-refractivity contribution in [1.29, 1.82) is 0 Å². The summed E-state index contributed by atoms with van der Waals surface area (Å²) >= 11 is 0. The Balaban J connectivity index is 1.53. The number of phenolic OH excluding ortho intramolecular Hbond substituents is 1. The molecule has 1 amide bonds. The lowest BCUT2D eigenvalue weighted by atomic mass is 9.85. The average molecular weight is 356 g/mol. The van der Waals surface area contributed by atoms with Crippen LogP contribution in [0.15, 0.2) is 90.0 Å². The molecule has 0 radical (unpaired) electrons. The van der Waals surface area contributed by atoms with E-state index in [1.54, 1.807) is 30.5 Å². The van der Waals surface area contributed by atoms with Gasteiger partial charge in [0, 0.05) is 5.41 Å². The summed E-state index contributed by atoms with van der Waals surface area (Å²) in [6, 6.07) is 27.0. The lowest BCUT2D eigenvalue weighted by Crippen LogP contribution is -2.25. The van der Waals surface area contributed by atoms with Gasteiger partial charge in [-0.3, -0.25) is 4.79 Å². The maximum absolute atomic E-state index is 12.7. The Kier molecular flexibility index (Phi) is 4.47. The molecule has 1 aliphatic rings. The number of amides is 1. The molecule has 3 aromatic rings. The molecule has 4 rings (SSSR count). The minimum Gasteiger partial charge on any atom is -0.508 e. The van der Waals surface area contributed by atoms with E-state index in [9.17, 15) is 9.90 Å². The Morgan fingerprint density at radius 1 is 0.926 bits per heavy atom. The zero-order chi connectivity index (χ0) is 18.7. The van der Waals surface area contributed by atoms with Crippen LogP contribution in [0.1, 0.15) is 23.1 Å². The third-order valence-electron chi connectivity index (χ3n) is 5.14. The highest BCUT2D eigenvalue weighted by Gasteiger charge is 2.60. The van der Waals surface area contributed by atoms with E-state index in [0.717, 1.165) is 23.1 Å². The van der Waals surface area contributed by atoms with E-state index in [1.807, 2.05) is 36.4 Å². The molecule has 27 heavy (non-hydrogen) atoms. The molecule has 0 spiro atoms. The van der Waals surface area contributed by atoms with Gasteiger partial charge >= 0.3 is 0 Å². The lowest BCUT2D eigenvalue weighted by Gasteiger charge is -2.18. The number of rotatable bonds is 5. The van der Waals surface area contributed by atoms with Crippen molar-refractivity contribution in [1.82, 2.24) is 5.43 Å². The molecular formula is C23H20N2O2. The summed E-state index contributed by atoms with van der Waals surface area (Å²) < 4.78 is 0. The number of hydrazone groups is 1. The summed E-state index contributed by atoms with van der Waals surface area (Å²) in [5, 5.41) is 13.4. The molecule has 4 heteroatoms. The van der Waals surface area contributed by atoms with Gasteiger partial charge in [-0.1, -0.05) is 60.7 Å². The fourth-order valence-corrected chi connectivity index (χ4v) is 3.66. The summed E-state index contributed by atoms with van der Waals surface area (Å²) in [7, 11) is 0. The van der Waals surface area contributed by atoms with Crippen LogP contribution in [-0.2, 0) is 10.2 Å². The standard InChI is InChI=1S/C23H20N2O2/c26-20-13-11-17(12-14-20)16-24-25-22(27)21-15-23(21,18-7-3-1-4-8-18)19-9-5-2-6-10-19/h1-14,16,21,26H,15H2,(H,25,27)/b24-16-/t21-/m0/s1. The molecule has 0 unspecified atom stereocenters. The Labute approximate surface area is 158 Å². The van der Waals surface area contributed by atoms with Crippen LogP contribution in [0.5, 0.6) is 5.75 Å². The Bertz CT molecular complexity index is 911. The first-order chi connectivity index (χ1) is 13.2. The summed E-state index contributed by atoms with van der Waals surface area (Å²) in [6.45, 7) is 0. The lowest BCUT2D eigenvalue weighted by molar-refractivity contribution is -0.122. The molecule has 4 nitrogen and oxygen atoms in total. The molecule has 3 aromatic carbocycles. The second-order valence-electron chi connectivity index (χ2n) is 6.79. The van der Waals surface area contributed by atoms with E-state index >= 15 is 0 Å². The molecule has 0 aliphatic heterocycles. The number of nitrogens with zero attached hydrogens (tertiary/aromatic N) is 1. The van der Waals surface area contributed by atoms with E-state index in [4.69, 9.17) is 0 Å². The van der Waals surface area contributed by atoms with Crippen molar-refractivity contribution in [2.75, 3.05) is 0 Å². The zero-order valence-electron chi connectivity index (χ0n) is 14.7. The largest absolute Gasteiger partial charge is 0.508 e. The highest BCUT2D eigenvalue weighted by atomic mass is 16.3. The highest BCUT2D eigenvalue weighted by molar-refractivity contribution is 5.87. The van der Waals surface area contributed by atoms with Crippen LogP contribution < -0.4 is 5.43 Å². The van der Waals surface area contributed by atoms with Crippen LogP contribution in [0.3, 0.4) is 0 Å². The van der Waals surface area contributed by atoms with Crippen LogP contribution in [0.4, 0.5) is 0 Å². The molecule has 0 bridgehead atoms. The monoisotopic (exact) mass is 356 g/mol. The first-order valence-corrected chi connectivity index (χ1v) is 8.93. The molecule has 0 heterocycles. The predicted molar refractivity (Wildman–Crippen MR) is 106 cm³/mol. The summed E-state index contributed by atoms with van der Waals surface area (Å²) in [5.41, 5.74) is 5.49. The van der Waals surface area contributed by atoms with Crippen LogP contribution in [-0.4, -0.2) is 17.2 Å². The number of nitrogens with one attached hydrogen (secondary N) is 1. The van der Waals surface area contributed by atoms with Gasteiger partial charge in [-0.15, -0.1) is 0 Å². The maximum atomic E-state index is 12.7. The summed E-state index contributed by atoms with van der Waals surface area (Å²) in [5.74, 6) is -0.0401. The maximum Gasteiger partial charge on any atom is 0.244 e. The molecular weight excluding hydrogens is 336 g/mol. The van der Waals surface area contributed by atoms with Crippen LogP contribution in [0, 0.1) is 5.92 Å². The molecule has 2 N–H and O–H groups in total. The quantitative estimate of drug-likeness (QED) is 0.539. The van der Waals surface area contributed by atoms with Crippen molar-refractivity contribution in [3.63, 3.8) is 0 Å². The zero-order valence-corrected chi connectivity index (χ0v) is 14.7. The second-order valence-corrected chi connectivity index (χ2v) is 6.79. The fraction of sp³-hybridized carbons (Fsp3) is 0.130. The van der Waals surface area contributed by atoms with Crippen molar-refractivity contribution >= 4 is 12.1 Å². The van der Waals surface area contributed by atoms with E-state index in [-0.39, 0.29) is 23.0 Å². The van der Waals surface area contributed by atoms with Crippen molar-refractivity contribution in [3.8, 4) is 5.75 Å². The molecule has 0 aromatic heterocycles. The van der Waals surface area contributed by atoms with E-state index in [0.29, 0.717) is 0 Å². The fourth-order valence-electron chi connectivity index (χ4n) is 3.66. The van der Waals surface area contributed by atoms with Crippen LogP contribution in [0.2, 0.25) is 0 Å². The number of carbonyl (C=O) groups excluding carboxylic acids is 1. The minimum absolute atomic E-state index is 0.0854. The van der Waals surface area contributed by atoms with Gasteiger partial charge in [0.25, 0.3) is 0 Å². The molecule has 1 saturated carbocycles. The number of benzene rings is 3. The van der Waals surface area contributed by atoms with E-state index < -0.39 is 0 Å². The molecule has 1 aliphatic carbocycles. The Morgan fingerprint density at radius 3 is 2.04 bits per heavy atom. The normalized spacial score (nSPS) is 17.6. The van der Waals surface area contributed by atoms with E-state index in [2.05, 4.69) is 34.8 Å². The van der Waals surface area contributed by atoms with Crippen molar-refractivity contribution in [2.24, 2.45) is 11.0 Å². The topological polar surface area (TPSA) is 61.7 Å². The third-order valence-corrected chi connectivity index (χ3v) is 5.14. The Hall–Kier alpha value is -3.40. The second kappa shape index (κ2) is 7.08. The van der Waals surface area contributed by atoms with Gasteiger partial charge in [0.15, 0.2) is 0 Å². The average Bonchev–Trinajstić information content (AvgIpc) is 3.48. The minimum atomic E-state index is -0.291. The molecule has 134 valence electrons. The number of hydrogen-bond donors (Lipinski definition) is 2. The molecule has 0 saturated heterocycles. The van der Waals surface area contributed by atoms with Gasteiger partial charge < -0.3 is 5.11 Å². The van der Waals surface area contributed by atoms with Gasteiger partial charge in [0.2, 0.25) is 5.91 Å². The Morgan fingerprint density at radius 2 is 1.48 bits per heavy atom. The predicted octanol–water partition coefficient (Wildman–Crippen LogP) is 3.85. The molecule has 1 fully saturated rings. The first kappa shape index (κ1) is 17.0.